The number of phenols is 2. The van der Waals surface area contributed by atoms with E-state index in [1.165, 1.54) is 0 Å². The van der Waals surface area contributed by atoms with Crippen LogP contribution in [0.5, 0.6) is 23.0 Å². The lowest BCUT2D eigenvalue weighted by molar-refractivity contribution is -0.150. The molecular formula is C22H11F5O7S. The Labute approximate surface area is 196 Å². The van der Waals surface area contributed by atoms with E-state index in [1.54, 1.807) is 0 Å². The lowest BCUT2D eigenvalue weighted by Crippen LogP contribution is -2.36. The van der Waals surface area contributed by atoms with Crippen molar-refractivity contribution in [1.29, 1.82) is 0 Å². The number of carbonyl (C=O) groups is 2. The number of alkyl halides is 1. The summed E-state index contributed by atoms with van der Waals surface area (Å²) in [6, 6.07) is 2.67. The molecule has 0 amide bonds. The Kier molecular flexibility index (Phi) is 5.02. The fraction of sp³-hybridized carbons (Fsp3) is 0.182. The molecule has 182 valence electrons. The number of carboxylic acids is 1. The minimum atomic E-state index is -2.80. The lowest BCUT2D eigenvalue weighted by atomic mass is 9.72. The van der Waals surface area contributed by atoms with Gasteiger partial charge in [0.25, 0.3) is 0 Å². The van der Waals surface area contributed by atoms with Crippen LogP contribution in [0.2, 0.25) is 0 Å². The van der Waals surface area contributed by atoms with Crippen molar-refractivity contribution in [1.82, 2.24) is 0 Å². The van der Waals surface area contributed by atoms with Crippen molar-refractivity contribution < 1.29 is 56.3 Å². The second-order valence-electron chi connectivity index (χ2n) is 7.77. The van der Waals surface area contributed by atoms with Gasteiger partial charge in [-0.3, -0.25) is 9.59 Å². The van der Waals surface area contributed by atoms with Crippen molar-refractivity contribution in [3.05, 3.63) is 69.2 Å². The maximum absolute atomic E-state index is 15.9. The zero-order valence-corrected chi connectivity index (χ0v) is 17.8. The Bertz CT molecular complexity index is 1350. The molecule has 7 nitrogen and oxygen atoms in total. The van der Waals surface area contributed by atoms with Gasteiger partial charge < -0.3 is 24.8 Å². The van der Waals surface area contributed by atoms with E-state index >= 15 is 8.78 Å². The summed E-state index contributed by atoms with van der Waals surface area (Å²) in [7, 11) is 0. The third-order valence-electron chi connectivity index (χ3n) is 5.80. The topological polar surface area (TPSA) is 113 Å². The average molecular weight is 514 g/mol. The fourth-order valence-corrected chi connectivity index (χ4v) is 5.15. The summed E-state index contributed by atoms with van der Waals surface area (Å²) in [4.78, 5) is 22.7. The van der Waals surface area contributed by atoms with Crippen LogP contribution in [-0.2, 0) is 19.9 Å². The molecule has 35 heavy (non-hydrogen) atoms. The number of carbonyl (C=O) groups excluding carboxylic acids is 1. The monoisotopic (exact) mass is 514 g/mol. The van der Waals surface area contributed by atoms with Gasteiger partial charge in [-0.1, -0.05) is 0 Å². The maximum atomic E-state index is 15.9. The minimum absolute atomic E-state index is 0.103. The molecule has 0 radical (unpaired) electrons. The number of halogens is 5. The Morgan fingerprint density at radius 2 is 1.54 bits per heavy atom. The molecule has 2 atom stereocenters. The quantitative estimate of drug-likeness (QED) is 0.406. The molecule has 0 saturated carbocycles. The molecule has 1 spiro atoms. The highest BCUT2D eigenvalue weighted by Gasteiger charge is 2.64. The van der Waals surface area contributed by atoms with Crippen LogP contribution >= 0.6 is 11.8 Å². The van der Waals surface area contributed by atoms with Gasteiger partial charge in [0, 0.05) is 17.7 Å². The molecule has 0 bridgehead atoms. The molecule has 1 fully saturated rings. The SMILES string of the molecule is O=C(O)CSC1=C(F)C(F)C2C(=O)OC3(C2=C1F)c1cc(F)c(O)cc1Oc1cc(O)c(F)cc13. The minimum Gasteiger partial charge on any atom is -0.505 e. The number of carboxylic acid groups (broad SMARTS) is 1. The van der Waals surface area contributed by atoms with Gasteiger partial charge in [-0.05, 0) is 12.1 Å². The normalized spacial score (nSPS) is 21.9. The van der Waals surface area contributed by atoms with Crippen molar-refractivity contribution in [2.24, 2.45) is 5.92 Å². The summed E-state index contributed by atoms with van der Waals surface area (Å²) in [5, 5.41) is 28.5. The number of aromatic hydroxyl groups is 2. The van der Waals surface area contributed by atoms with Crippen molar-refractivity contribution >= 4 is 23.7 Å². The predicted molar refractivity (Wildman–Crippen MR) is 108 cm³/mol. The molecule has 2 unspecified atom stereocenters. The second kappa shape index (κ2) is 7.63. The van der Waals surface area contributed by atoms with Crippen molar-refractivity contribution in [2.75, 3.05) is 5.75 Å². The van der Waals surface area contributed by atoms with E-state index in [0.717, 1.165) is 12.1 Å². The highest BCUT2D eigenvalue weighted by atomic mass is 32.2. The molecular weight excluding hydrogens is 503 g/mol. The van der Waals surface area contributed by atoms with E-state index in [2.05, 4.69) is 0 Å². The van der Waals surface area contributed by atoms with Crippen molar-refractivity contribution in [3.63, 3.8) is 0 Å². The van der Waals surface area contributed by atoms with Gasteiger partial charge >= 0.3 is 11.9 Å². The number of ether oxygens (including phenoxy) is 2. The van der Waals surface area contributed by atoms with Gasteiger partial charge in [-0.2, -0.15) is 0 Å². The number of hydrogen-bond donors (Lipinski definition) is 3. The zero-order chi connectivity index (χ0) is 25.4. The standard InChI is InChI=1S/C22H11F5O7S/c23-8-1-6-12(3-10(8)28)33-13-4-11(29)9(24)2-7(13)22(6)16-15(21(32)34-22)17(25)19(27)20(18(16)26)35-5-14(30)31/h1-4,15,17,28-29H,5H2,(H,30,31). The van der Waals surface area contributed by atoms with E-state index < -0.39 is 103 Å². The summed E-state index contributed by atoms with van der Waals surface area (Å²) in [6.45, 7) is 0. The number of phenolic OH excluding ortho intramolecular Hbond substituents is 2. The number of hydrogen-bond acceptors (Lipinski definition) is 7. The molecule has 2 aromatic rings. The molecule has 5 rings (SSSR count). The first-order valence-electron chi connectivity index (χ1n) is 9.72. The average Bonchev–Trinajstić information content (AvgIpc) is 3.09. The summed E-state index contributed by atoms with van der Waals surface area (Å²) in [5.74, 6) is -14.6. The number of allylic oxidation sites excluding steroid dienone is 2. The third-order valence-corrected chi connectivity index (χ3v) is 6.86. The second-order valence-corrected chi connectivity index (χ2v) is 8.76. The summed E-state index contributed by atoms with van der Waals surface area (Å²) in [6.07, 6.45) is -2.80. The lowest BCUT2D eigenvalue weighted by Gasteiger charge is -2.38. The molecule has 3 aliphatic rings. The van der Waals surface area contributed by atoms with Crippen LogP contribution in [0.1, 0.15) is 11.1 Å². The Morgan fingerprint density at radius 1 is 1.00 bits per heavy atom. The van der Waals surface area contributed by atoms with Gasteiger partial charge in [0.2, 0.25) is 0 Å². The molecule has 13 heteroatoms. The largest absolute Gasteiger partial charge is 0.505 e. The first-order chi connectivity index (χ1) is 16.5. The highest BCUT2D eigenvalue weighted by Crippen LogP contribution is 2.63. The number of benzene rings is 2. The van der Waals surface area contributed by atoms with Gasteiger partial charge in [0.1, 0.15) is 23.2 Å². The molecule has 0 aromatic heterocycles. The van der Waals surface area contributed by atoms with E-state index in [4.69, 9.17) is 14.6 Å². The van der Waals surface area contributed by atoms with E-state index in [0.29, 0.717) is 12.1 Å². The number of rotatable bonds is 3. The molecule has 3 N–H and O–H groups in total. The van der Waals surface area contributed by atoms with Crippen LogP contribution in [0.25, 0.3) is 0 Å². The van der Waals surface area contributed by atoms with Crippen molar-refractivity contribution in [3.8, 4) is 23.0 Å². The smallest absolute Gasteiger partial charge is 0.318 e. The van der Waals surface area contributed by atoms with Gasteiger partial charge in [0.05, 0.1) is 21.8 Å². The van der Waals surface area contributed by atoms with Gasteiger partial charge in [0.15, 0.2) is 40.7 Å². The molecule has 1 aliphatic carbocycles. The van der Waals surface area contributed by atoms with Gasteiger partial charge in [-0.15, -0.1) is 11.8 Å². The number of fused-ring (bicyclic) bond motifs is 6. The van der Waals surface area contributed by atoms with Crippen molar-refractivity contribution in [2.45, 2.75) is 11.8 Å². The van der Waals surface area contributed by atoms with Crippen LogP contribution in [0.4, 0.5) is 22.0 Å². The van der Waals surface area contributed by atoms with Crippen LogP contribution < -0.4 is 4.74 Å². The number of thioether (sulfide) groups is 1. The third kappa shape index (κ3) is 3.10. The molecule has 1 saturated heterocycles. The maximum Gasteiger partial charge on any atom is 0.318 e. The Hall–Kier alpha value is -3.74. The Morgan fingerprint density at radius 3 is 2.06 bits per heavy atom. The summed E-state index contributed by atoms with van der Waals surface area (Å²) >= 11 is 0.103. The molecule has 2 aliphatic heterocycles. The van der Waals surface area contributed by atoms with Crippen LogP contribution in [0.3, 0.4) is 0 Å². The molecule has 2 heterocycles. The van der Waals surface area contributed by atoms with Crippen LogP contribution in [0, 0.1) is 17.6 Å². The Balaban J connectivity index is 1.87. The first-order valence-corrected chi connectivity index (χ1v) is 10.7. The molecule has 2 aromatic carbocycles. The van der Waals surface area contributed by atoms with Crippen LogP contribution in [-0.4, -0.2) is 39.2 Å². The first kappa shape index (κ1) is 23.0. The summed E-state index contributed by atoms with van der Waals surface area (Å²) < 4.78 is 85.5. The van der Waals surface area contributed by atoms with E-state index in [1.807, 2.05) is 0 Å². The number of esters is 1. The van der Waals surface area contributed by atoms with Crippen LogP contribution in [0.15, 0.2) is 46.4 Å². The fourth-order valence-electron chi connectivity index (χ4n) is 4.40. The van der Waals surface area contributed by atoms with Gasteiger partial charge in [-0.25, -0.2) is 22.0 Å². The summed E-state index contributed by atoms with van der Waals surface area (Å²) in [5.41, 5.74) is -4.44. The highest BCUT2D eigenvalue weighted by molar-refractivity contribution is 8.03. The van der Waals surface area contributed by atoms with E-state index in [-0.39, 0.29) is 11.8 Å². The zero-order valence-electron chi connectivity index (χ0n) is 16.9. The predicted octanol–water partition coefficient (Wildman–Crippen LogP) is 4.47. The van der Waals surface area contributed by atoms with E-state index in [9.17, 15) is 33.0 Å². The number of aliphatic carboxylic acids is 1.